The molecule has 0 heterocycles. The molecule has 4 heteroatoms. The lowest BCUT2D eigenvalue weighted by atomic mass is 10.2. The fraction of sp³-hybridized carbons (Fsp3) is 0.900. The van der Waals surface area contributed by atoms with E-state index in [1.54, 1.807) is 0 Å². The van der Waals surface area contributed by atoms with Gasteiger partial charge in [-0.15, -0.1) is 5.16 Å². The second-order valence-corrected chi connectivity index (χ2v) is 9.86. The molecular formula is C10H23NO2Si. The molecule has 0 saturated carbocycles. The molecule has 0 aromatic rings. The van der Waals surface area contributed by atoms with E-state index in [1.807, 2.05) is 0 Å². The minimum Gasteiger partial charge on any atom is -0.417 e. The molecule has 0 saturated heterocycles. The van der Waals surface area contributed by atoms with E-state index >= 15 is 0 Å². The van der Waals surface area contributed by atoms with Crippen molar-refractivity contribution in [2.24, 2.45) is 5.16 Å². The molecule has 0 aliphatic rings. The maximum Gasteiger partial charge on any atom is 0.191 e. The van der Waals surface area contributed by atoms with Crippen LogP contribution in [0.5, 0.6) is 0 Å². The Labute approximate surface area is 88.3 Å². The first-order chi connectivity index (χ1) is 6.31. The molecule has 0 aliphatic heterocycles. The molecule has 0 aromatic carbocycles. The summed E-state index contributed by atoms with van der Waals surface area (Å²) in [5.74, 6) is 0. The van der Waals surface area contributed by atoms with Gasteiger partial charge in [0.25, 0.3) is 0 Å². The molecular weight excluding hydrogens is 194 g/mol. The van der Waals surface area contributed by atoms with Gasteiger partial charge in [-0.2, -0.15) is 0 Å². The Hall–Kier alpha value is -0.353. The maximum absolute atomic E-state index is 8.19. The highest BCUT2D eigenvalue weighted by Gasteiger charge is 2.36. The van der Waals surface area contributed by atoms with Crippen molar-refractivity contribution >= 4 is 14.5 Å². The fourth-order valence-electron chi connectivity index (χ4n) is 0.776. The van der Waals surface area contributed by atoms with Crippen molar-refractivity contribution in [1.82, 2.24) is 0 Å². The Morgan fingerprint density at radius 1 is 1.36 bits per heavy atom. The normalized spacial score (nSPS) is 13.8. The van der Waals surface area contributed by atoms with Crippen LogP contribution >= 0.6 is 0 Å². The summed E-state index contributed by atoms with van der Waals surface area (Å²) < 4.78 is 5.94. The first kappa shape index (κ1) is 13.6. The molecule has 84 valence electrons. The van der Waals surface area contributed by atoms with Gasteiger partial charge in [0.15, 0.2) is 8.32 Å². The summed E-state index contributed by atoms with van der Waals surface area (Å²) in [4.78, 5) is 0. The highest BCUT2D eigenvalue weighted by Crippen LogP contribution is 2.36. The van der Waals surface area contributed by atoms with Crippen LogP contribution in [0.2, 0.25) is 18.1 Å². The van der Waals surface area contributed by atoms with Crippen LogP contribution in [-0.2, 0) is 4.43 Å². The van der Waals surface area contributed by atoms with Crippen molar-refractivity contribution in [2.45, 2.75) is 51.7 Å². The van der Waals surface area contributed by atoms with Crippen LogP contribution < -0.4 is 0 Å². The Balaban J connectivity index is 3.77. The minimum atomic E-state index is -1.57. The number of hydrogen-bond donors (Lipinski definition) is 1. The van der Waals surface area contributed by atoms with Gasteiger partial charge in [-0.3, -0.25) is 0 Å². The third kappa shape index (κ3) is 4.76. The van der Waals surface area contributed by atoms with Crippen LogP contribution in [0.1, 0.15) is 33.6 Å². The monoisotopic (exact) mass is 217 g/mol. The lowest BCUT2D eigenvalue weighted by molar-refractivity contribution is 0.283. The second-order valence-electron chi connectivity index (χ2n) is 5.05. The highest BCUT2D eigenvalue weighted by atomic mass is 28.4. The van der Waals surface area contributed by atoms with Crippen molar-refractivity contribution < 1.29 is 9.63 Å². The summed E-state index contributed by atoms with van der Waals surface area (Å²) >= 11 is 0. The van der Waals surface area contributed by atoms with Gasteiger partial charge in [-0.1, -0.05) is 20.8 Å². The standard InChI is InChI=1S/C10H23NO2Si/c1-10(2,3)14(4,5)13-9-7-6-8-11-12/h8,12H,6-7,9H2,1-5H3/b11-8+. The SMILES string of the molecule is CC(C)(C)[Si](C)(C)OCCC/C=N/O. The van der Waals surface area contributed by atoms with Crippen molar-refractivity contribution in [3.8, 4) is 0 Å². The molecule has 0 spiro atoms. The van der Waals surface area contributed by atoms with Gasteiger partial charge in [0.2, 0.25) is 0 Å². The predicted molar refractivity (Wildman–Crippen MR) is 62.7 cm³/mol. The third-order valence-corrected chi connectivity index (χ3v) is 7.37. The lowest BCUT2D eigenvalue weighted by Crippen LogP contribution is -2.40. The van der Waals surface area contributed by atoms with E-state index in [0.29, 0.717) is 0 Å². The molecule has 1 N–H and O–H groups in total. The molecule has 0 atom stereocenters. The summed E-state index contributed by atoms with van der Waals surface area (Å²) in [5.41, 5.74) is 0. The fourth-order valence-corrected chi connectivity index (χ4v) is 1.86. The van der Waals surface area contributed by atoms with Crippen LogP contribution in [0.25, 0.3) is 0 Å². The van der Waals surface area contributed by atoms with E-state index in [9.17, 15) is 0 Å². The average Bonchev–Trinajstić information content (AvgIpc) is 2.02. The van der Waals surface area contributed by atoms with Gasteiger partial charge in [0, 0.05) is 12.8 Å². The van der Waals surface area contributed by atoms with Crippen molar-refractivity contribution in [3.05, 3.63) is 0 Å². The molecule has 0 unspecified atom stereocenters. The zero-order valence-electron chi connectivity index (χ0n) is 10.0. The molecule has 14 heavy (non-hydrogen) atoms. The Bertz CT molecular complexity index is 185. The summed E-state index contributed by atoms with van der Waals surface area (Å²) in [6.45, 7) is 11.9. The van der Waals surface area contributed by atoms with E-state index in [-0.39, 0.29) is 5.04 Å². The smallest absolute Gasteiger partial charge is 0.191 e. The number of nitrogens with zero attached hydrogens (tertiary/aromatic N) is 1. The van der Waals surface area contributed by atoms with E-state index < -0.39 is 8.32 Å². The van der Waals surface area contributed by atoms with E-state index in [1.165, 1.54) is 6.21 Å². The van der Waals surface area contributed by atoms with Crippen molar-refractivity contribution in [2.75, 3.05) is 6.61 Å². The number of hydrogen-bond acceptors (Lipinski definition) is 3. The van der Waals surface area contributed by atoms with Gasteiger partial charge in [0.1, 0.15) is 0 Å². The number of rotatable bonds is 5. The van der Waals surface area contributed by atoms with Crippen LogP contribution in [0.4, 0.5) is 0 Å². The third-order valence-electron chi connectivity index (χ3n) is 2.83. The minimum absolute atomic E-state index is 0.276. The van der Waals surface area contributed by atoms with E-state index in [0.717, 1.165) is 19.4 Å². The summed E-state index contributed by atoms with van der Waals surface area (Å²) in [7, 11) is -1.57. The summed E-state index contributed by atoms with van der Waals surface area (Å²) in [6, 6.07) is 0. The largest absolute Gasteiger partial charge is 0.417 e. The van der Waals surface area contributed by atoms with E-state index in [4.69, 9.17) is 9.63 Å². The van der Waals surface area contributed by atoms with Gasteiger partial charge >= 0.3 is 0 Å². The predicted octanol–water partition coefficient (Wildman–Crippen LogP) is 3.25. The summed E-state index contributed by atoms with van der Waals surface area (Å²) in [5, 5.41) is 11.4. The quantitative estimate of drug-likeness (QED) is 0.252. The summed E-state index contributed by atoms with van der Waals surface area (Å²) in [6.07, 6.45) is 3.22. The second kappa shape index (κ2) is 5.51. The van der Waals surface area contributed by atoms with Crippen molar-refractivity contribution in [1.29, 1.82) is 0 Å². The topological polar surface area (TPSA) is 41.8 Å². The maximum atomic E-state index is 8.19. The Morgan fingerprint density at radius 2 is 1.93 bits per heavy atom. The number of unbranched alkanes of at least 4 members (excludes halogenated alkanes) is 1. The van der Waals surface area contributed by atoms with Gasteiger partial charge < -0.3 is 9.63 Å². The van der Waals surface area contributed by atoms with Crippen LogP contribution in [0, 0.1) is 0 Å². The Kier molecular flexibility index (Phi) is 5.37. The highest BCUT2D eigenvalue weighted by molar-refractivity contribution is 6.74. The van der Waals surface area contributed by atoms with Crippen molar-refractivity contribution in [3.63, 3.8) is 0 Å². The first-order valence-corrected chi connectivity index (χ1v) is 8.02. The van der Waals surface area contributed by atoms with Crippen LogP contribution in [0.15, 0.2) is 5.16 Å². The molecule has 0 fully saturated rings. The zero-order valence-corrected chi connectivity index (χ0v) is 11.0. The first-order valence-electron chi connectivity index (χ1n) is 5.11. The molecule has 0 aliphatic carbocycles. The van der Waals surface area contributed by atoms with Gasteiger partial charge in [0.05, 0.1) is 0 Å². The molecule has 3 nitrogen and oxygen atoms in total. The molecule has 0 radical (unpaired) electrons. The van der Waals surface area contributed by atoms with Crippen LogP contribution in [-0.4, -0.2) is 26.3 Å². The number of oxime groups is 1. The molecule has 0 amide bonds. The molecule has 0 rings (SSSR count). The van der Waals surface area contributed by atoms with Gasteiger partial charge in [-0.25, -0.2) is 0 Å². The molecule has 0 aromatic heterocycles. The van der Waals surface area contributed by atoms with E-state index in [2.05, 4.69) is 39.0 Å². The average molecular weight is 217 g/mol. The zero-order chi connectivity index (χ0) is 11.2. The molecule has 0 bridgehead atoms. The van der Waals surface area contributed by atoms with Gasteiger partial charge in [-0.05, 0) is 31.0 Å². The Morgan fingerprint density at radius 3 is 2.36 bits per heavy atom. The van der Waals surface area contributed by atoms with Crippen LogP contribution in [0.3, 0.4) is 0 Å². The lowest BCUT2D eigenvalue weighted by Gasteiger charge is -2.36.